The Morgan fingerprint density at radius 3 is 2.75 bits per heavy atom. The molecule has 1 aliphatic rings. The lowest BCUT2D eigenvalue weighted by Crippen LogP contribution is -2.33. The van der Waals surface area contributed by atoms with E-state index in [1.807, 2.05) is 0 Å². The van der Waals surface area contributed by atoms with Gasteiger partial charge in [0.15, 0.2) is 0 Å². The quantitative estimate of drug-likeness (QED) is 0.679. The zero-order chi connectivity index (χ0) is 9.03. The Bertz CT molecular complexity index is 138. The monoisotopic (exact) mass is 187 g/mol. The Labute approximate surface area is 80.7 Å². The molecular formula is C10H21NS. The van der Waals surface area contributed by atoms with Crippen LogP contribution in [-0.4, -0.2) is 16.7 Å². The van der Waals surface area contributed by atoms with E-state index in [2.05, 4.69) is 37.8 Å². The van der Waals surface area contributed by atoms with Crippen molar-refractivity contribution in [3.63, 3.8) is 0 Å². The van der Waals surface area contributed by atoms with Gasteiger partial charge >= 0.3 is 0 Å². The number of hydrogen-bond donors (Lipinski definition) is 1. The molecule has 0 aromatic rings. The zero-order valence-electron chi connectivity index (χ0n) is 8.52. The minimum Gasteiger partial charge on any atom is -0.302 e. The number of nitrogens with one attached hydrogen (secondary N) is 1. The summed E-state index contributed by atoms with van der Waals surface area (Å²) in [5.41, 5.74) is 0. The number of unbranched alkanes of at least 4 members (excludes halogenated alkanes) is 2. The Morgan fingerprint density at radius 2 is 2.25 bits per heavy atom. The average Bonchev–Trinajstić information content (AvgIpc) is 2.32. The molecule has 1 heterocycles. The molecule has 0 radical (unpaired) electrons. The second kappa shape index (κ2) is 4.52. The predicted molar refractivity (Wildman–Crippen MR) is 57.6 cm³/mol. The first kappa shape index (κ1) is 10.4. The fourth-order valence-electron chi connectivity index (χ4n) is 1.75. The lowest BCUT2D eigenvalue weighted by molar-refractivity contribution is 0.474. The van der Waals surface area contributed by atoms with Crippen LogP contribution in [0.25, 0.3) is 0 Å². The van der Waals surface area contributed by atoms with Crippen LogP contribution in [0.1, 0.15) is 46.5 Å². The van der Waals surface area contributed by atoms with E-state index in [0.29, 0.717) is 4.87 Å². The summed E-state index contributed by atoms with van der Waals surface area (Å²) in [4.78, 5) is 0.384. The molecular weight excluding hydrogens is 166 g/mol. The van der Waals surface area contributed by atoms with E-state index < -0.39 is 0 Å². The van der Waals surface area contributed by atoms with Gasteiger partial charge in [0.2, 0.25) is 0 Å². The smallest absolute Gasteiger partial charge is 0.0620 e. The van der Waals surface area contributed by atoms with Crippen molar-refractivity contribution in [2.24, 2.45) is 0 Å². The first-order valence-corrected chi connectivity index (χ1v) is 5.97. The molecule has 1 saturated heterocycles. The maximum Gasteiger partial charge on any atom is 0.0620 e. The van der Waals surface area contributed by atoms with Gasteiger partial charge in [0.1, 0.15) is 0 Å². The van der Waals surface area contributed by atoms with Crippen LogP contribution < -0.4 is 5.32 Å². The predicted octanol–water partition coefficient (Wildman–Crippen LogP) is 3.01. The third kappa shape index (κ3) is 2.98. The molecule has 0 saturated carbocycles. The normalized spacial score (nSPS) is 35.8. The molecule has 72 valence electrons. The van der Waals surface area contributed by atoms with Crippen LogP contribution in [0.3, 0.4) is 0 Å². The molecule has 0 aromatic heterocycles. The van der Waals surface area contributed by atoms with Crippen LogP contribution in [0.2, 0.25) is 0 Å². The molecule has 1 aliphatic heterocycles. The molecule has 2 unspecified atom stereocenters. The number of thioether (sulfide) groups is 1. The maximum absolute atomic E-state index is 3.60. The van der Waals surface area contributed by atoms with E-state index in [0.717, 1.165) is 5.25 Å². The van der Waals surface area contributed by atoms with E-state index in [1.165, 1.54) is 32.2 Å². The topological polar surface area (TPSA) is 12.0 Å². The zero-order valence-corrected chi connectivity index (χ0v) is 9.34. The summed E-state index contributed by atoms with van der Waals surface area (Å²) >= 11 is 2.11. The van der Waals surface area contributed by atoms with E-state index in [9.17, 15) is 0 Å². The Kier molecular flexibility index (Phi) is 3.91. The van der Waals surface area contributed by atoms with Gasteiger partial charge in [-0.1, -0.05) is 33.1 Å². The first-order valence-electron chi connectivity index (χ1n) is 5.09. The lowest BCUT2D eigenvalue weighted by Gasteiger charge is -2.23. The van der Waals surface area contributed by atoms with Crippen LogP contribution >= 0.6 is 11.8 Å². The SMILES string of the molecule is CCCCCC1(C)NCC(C)S1. The second-order valence-corrected chi connectivity index (χ2v) is 5.94. The lowest BCUT2D eigenvalue weighted by atomic mass is 10.1. The summed E-state index contributed by atoms with van der Waals surface area (Å²) in [6, 6.07) is 0. The van der Waals surface area contributed by atoms with Crippen molar-refractivity contribution >= 4 is 11.8 Å². The van der Waals surface area contributed by atoms with Gasteiger partial charge in [0.05, 0.1) is 4.87 Å². The van der Waals surface area contributed by atoms with Gasteiger partial charge in [0.25, 0.3) is 0 Å². The molecule has 1 rings (SSSR count). The van der Waals surface area contributed by atoms with Gasteiger partial charge in [-0.3, -0.25) is 0 Å². The molecule has 2 atom stereocenters. The van der Waals surface area contributed by atoms with E-state index in [4.69, 9.17) is 0 Å². The molecule has 1 N–H and O–H groups in total. The second-order valence-electron chi connectivity index (χ2n) is 4.00. The molecule has 2 heteroatoms. The van der Waals surface area contributed by atoms with Crippen molar-refractivity contribution in [2.45, 2.75) is 56.6 Å². The highest BCUT2D eigenvalue weighted by molar-refractivity contribution is 8.01. The summed E-state index contributed by atoms with van der Waals surface area (Å²) < 4.78 is 0. The molecule has 0 aromatic carbocycles. The van der Waals surface area contributed by atoms with E-state index in [-0.39, 0.29) is 0 Å². The molecule has 1 fully saturated rings. The Morgan fingerprint density at radius 1 is 1.50 bits per heavy atom. The summed E-state index contributed by atoms with van der Waals surface area (Å²) in [5.74, 6) is 0. The summed E-state index contributed by atoms with van der Waals surface area (Å²) in [6.07, 6.45) is 5.41. The van der Waals surface area contributed by atoms with Gasteiger partial charge in [-0.25, -0.2) is 0 Å². The highest BCUT2D eigenvalue weighted by atomic mass is 32.2. The largest absolute Gasteiger partial charge is 0.302 e. The van der Waals surface area contributed by atoms with Crippen LogP contribution in [0.4, 0.5) is 0 Å². The fraction of sp³-hybridized carbons (Fsp3) is 1.00. The summed E-state index contributed by atoms with van der Waals surface area (Å²) in [5, 5.41) is 4.41. The Hall–Kier alpha value is 0.310. The van der Waals surface area contributed by atoms with Crippen molar-refractivity contribution in [1.29, 1.82) is 0 Å². The van der Waals surface area contributed by atoms with Gasteiger partial charge in [-0.05, 0) is 13.3 Å². The van der Waals surface area contributed by atoms with Crippen LogP contribution in [0.15, 0.2) is 0 Å². The fourth-order valence-corrected chi connectivity index (χ4v) is 3.23. The van der Waals surface area contributed by atoms with Crippen molar-refractivity contribution in [3.05, 3.63) is 0 Å². The van der Waals surface area contributed by atoms with Crippen LogP contribution in [0.5, 0.6) is 0 Å². The average molecular weight is 187 g/mol. The van der Waals surface area contributed by atoms with Crippen molar-refractivity contribution in [3.8, 4) is 0 Å². The third-order valence-electron chi connectivity index (χ3n) is 2.48. The summed E-state index contributed by atoms with van der Waals surface area (Å²) in [6.45, 7) is 8.10. The van der Waals surface area contributed by atoms with E-state index in [1.54, 1.807) is 0 Å². The molecule has 1 nitrogen and oxygen atoms in total. The minimum absolute atomic E-state index is 0.384. The van der Waals surface area contributed by atoms with Gasteiger partial charge < -0.3 is 5.32 Å². The van der Waals surface area contributed by atoms with Crippen molar-refractivity contribution < 1.29 is 0 Å². The molecule has 0 aliphatic carbocycles. The molecule has 0 amide bonds. The molecule has 0 spiro atoms. The number of hydrogen-bond acceptors (Lipinski definition) is 2. The van der Waals surface area contributed by atoms with Crippen LogP contribution in [-0.2, 0) is 0 Å². The van der Waals surface area contributed by atoms with Crippen molar-refractivity contribution in [1.82, 2.24) is 5.32 Å². The Balaban J connectivity index is 2.21. The van der Waals surface area contributed by atoms with E-state index >= 15 is 0 Å². The highest BCUT2D eigenvalue weighted by Gasteiger charge is 2.32. The van der Waals surface area contributed by atoms with Crippen molar-refractivity contribution in [2.75, 3.05) is 6.54 Å². The van der Waals surface area contributed by atoms with Gasteiger partial charge in [0, 0.05) is 11.8 Å². The summed E-state index contributed by atoms with van der Waals surface area (Å²) in [7, 11) is 0. The van der Waals surface area contributed by atoms with Crippen LogP contribution in [0, 0.1) is 0 Å². The molecule has 0 bridgehead atoms. The minimum atomic E-state index is 0.384. The van der Waals surface area contributed by atoms with Gasteiger partial charge in [-0.15, -0.1) is 11.8 Å². The first-order chi connectivity index (χ1) is 5.66. The third-order valence-corrected chi connectivity index (χ3v) is 3.92. The molecule has 12 heavy (non-hydrogen) atoms. The van der Waals surface area contributed by atoms with Gasteiger partial charge in [-0.2, -0.15) is 0 Å². The highest BCUT2D eigenvalue weighted by Crippen LogP contribution is 2.36. The number of rotatable bonds is 4. The standard InChI is InChI=1S/C10H21NS/c1-4-5-6-7-10(3)11-8-9(2)12-10/h9,11H,4-8H2,1-3H3. The maximum atomic E-state index is 3.60.